The summed E-state index contributed by atoms with van der Waals surface area (Å²) in [7, 11) is 0. The van der Waals surface area contributed by atoms with E-state index in [1.807, 2.05) is 44.2 Å². The number of hydrogen-bond acceptors (Lipinski definition) is 2. The monoisotopic (exact) mass is 237 g/mol. The molecule has 1 heterocycles. The number of allylic oxidation sites excluding steroid dienone is 4. The van der Waals surface area contributed by atoms with E-state index in [9.17, 15) is 4.79 Å². The Bertz CT molecular complexity index is 622. The van der Waals surface area contributed by atoms with Crippen molar-refractivity contribution in [3.63, 3.8) is 0 Å². The zero-order valence-electron chi connectivity index (χ0n) is 10.6. The number of carbonyl (C=O) groups is 1. The molecule has 1 aliphatic carbocycles. The maximum Gasteiger partial charge on any atom is 0.133 e. The molecule has 1 unspecified atom stereocenters. The molecule has 1 aliphatic heterocycles. The third-order valence-corrected chi connectivity index (χ3v) is 4.00. The molecule has 0 bridgehead atoms. The van der Waals surface area contributed by atoms with Crippen LogP contribution in [0.4, 0.5) is 5.69 Å². The first kappa shape index (κ1) is 11.1. The molecule has 0 saturated carbocycles. The molecule has 1 atom stereocenters. The van der Waals surface area contributed by atoms with Crippen LogP contribution in [-0.2, 0) is 11.2 Å². The molecule has 0 saturated heterocycles. The van der Waals surface area contributed by atoms with Crippen LogP contribution in [0.3, 0.4) is 0 Å². The fraction of sp³-hybridized carbons (Fsp3) is 0.250. The molecule has 0 aromatic heterocycles. The molecule has 2 nitrogen and oxygen atoms in total. The fourth-order valence-electron chi connectivity index (χ4n) is 2.54. The van der Waals surface area contributed by atoms with Crippen molar-refractivity contribution >= 4 is 17.7 Å². The van der Waals surface area contributed by atoms with E-state index in [0.29, 0.717) is 0 Å². The van der Waals surface area contributed by atoms with E-state index in [0.717, 1.165) is 29.7 Å². The van der Waals surface area contributed by atoms with Gasteiger partial charge in [0.15, 0.2) is 0 Å². The van der Waals surface area contributed by atoms with E-state index < -0.39 is 5.41 Å². The van der Waals surface area contributed by atoms with Crippen molar-refractivity contribution in [3.8, 4) is 0 Å². The Hall–Kier alpha value is -1.96. The van der Waals surface area contributed by atoms with Crippen molar-refractivity contribution in [2.24, 2.45) is 10.4 Å². The highest BCUT2D eigenvalue weighted by molar-refractivity contribution is 6.13. The van der Waals surface area contributed by atoms with Crippen molar-refractivity contribution in [1.82, 2.24) is 0 Å². The molecular weight excluding hydrogens is 222 g/mol. The van der Waals surface area contributed by atoms with E-state index in [1.165, 1.54) is 11.1 Å². The van der Waals surface area contributed by atoms with Crippen LogP contribution in [0.5, 0.6) is 0 Å². The Kier molecular flexibility index (Phi) is 2.34. The molecule has 18 heavy (non-hydrogen) atoms. The fourth-order valence-corrected chi connectivity index (χ4v) is 2.54. The van der Waals surface area contributed by atoms with Crippen molar-refractivity contribution in [2.45, 2.75) is 20.3 Å². The lowest BCUT2D eigenvalue weighted by molar-refractivity contribution is -0.112. The highest BCUT2D eigenvalue weighted by Crippen LogP contribution is 2.38. The van der Waals surface area contributed by atoms with Gasteiger partial charge in [0, 0.05) is 6.42 Å². The second kappa shape index (κ2) is 3.77. The highest BCUT2D eigenvalue weighted by atomic mass is 16.1. The third kappa shape index (κ3) is 1.49. The van der Waals surface area contributed by atoms with Crippen LogP contribution in [0.2, 0.25) is 0 Å². The van der Waals surface area contributed by atoms with Gasteiger partial charge in [-0.1, -0.05) is 29.8 Å². The molecule has 0 amide bonds. The predicted molar refractivity (Wildman–Crippen MR) is 73.3 cm³/mol. The van der Waals surface area contributed by atoms with Crippen LogP contribution in [0, 0.1) is 5.41 Å². The predicted octanol–water partition coefficient (Wildman–Crippen LogP) is 3.41. The Morgan fingerprint density at radius 2 is 2.11 bits per heavy atom. The normalized spacial score (nSPS) is 25.3. The van der Waals surface area contributed by atoms with E-state index in [1.54, 1.807) is 0 Å². The van der Waals surface area contributed by atoms with Gasteiger partial charge in [-0.05, 0) is 37.1 Å². The minimum absolute atomic E-state index is 0.472. The molecule has 3 rings (SSSR count). The molecule has 2 aliphatic rings. The summed E-state index contributed by atoms with van der Waals surface area (Å²) in [6.45, 7) is 3.99. The number of benzene rings is 1. The summed E-state index contributed by atoms with van der Waals surface area (Å²) in [5.41, 5.74) is 5.13. The number of aldehydes is 1. The van der Waals surface area contributed by atoms with Crippen molar-refractivity contribution in [1.29, 1.82) is 0 Å². The summed E-state index contributed by atoms with van der Waals surface area (Å²) in [5, 5.41) is 0. The molecular formula is C16H15NO. The Morgan fingerprint density at radius 1 is 1.33 bits per heavy atom. The van der Waals surface area contributed by atoms with Gasteiger partial charge in [0.1, 0.15) is 6.29 Å². The molecule has 0 spiro atoms. The van der Waals surface area contributed by atoms with Crippen LogP contribution < -0.4 is 0 Å². The van der Waals surface area contributed by atoms with E-state index in [2.05, 4.69) is 11.1 Å². The summed E-state index contributed by atoms with van der Waals surface area (Å²) in [6, 6.07) is 8.18. The number of carbonyl (C=O) groups excluding carboxylic acids is 1. The summed E-state index contributed by atoms with van der Waals surface area (Å²) in [6.07, 6.45) is 5.82. The minimum atomic E-state index is -0.472. The van der Waals surface area contributed by atoms with Crippen molar-refractivity contribution < 1.29 is 4.79 Å². The molecule has 0 radical (unpaired) electrons. The molecule has 0 N–H and O–H groups in total. The second-order valence-electron chi connectivity index (χ2n) is 5.14. The lowest BCUT2D eigenvalue weighted by atomic mass is 9.74. The smallest absolute Gasteiger partial charge is 0.133 e. The van der Waals surface area contributed by atoms with Gasteiger partial charge in [-0.2, -0.15) is 0 Å². The van der Waals surface area contributed by atoms with Crippen LogP contribution in [0.25, 0.3) is 0 Å². The maximum atomic E-state index is 11.3. The quantitative estimate of drug-likeness (QED) is 0.688. The van der Waals surface area contributed by atoms with Gasteiger partial charge in [-0.25, -0.2) is 4.99 Å². The lowest BCUT2D eigenvalue weighted by Crippen LogP contribution is -2.26. The molecule has 2 heteroatoms. The topological polar surface area (TPSA) is 29.4 Å². The van der Waals surface area contributed by atoms with Gasteiger partial charge in [-0.3, -0.25) is 0 Å². The zero-order chi connectivity index (χ0) is 12.8. The van der Waals surface area contributed by atoms with Crippen LogP contribution in [0.1, 0.15) is 19.4 Å². The van der Waals surface area contributed by atoms with Crippen molar-refractivity contribution in [2.75, 3.05) is 0 Å². The van der Waals surface area contributed by atoms with Crippen LogP contribution in [0.15, 0.2) is 52.6 Å². The van der Waals surface area contributed by atoms with Gasteiger partial charge in [0.25, 0.3) is 0 Å². The van der Waals surface area contributed by atoms with E-state index in [-0.39, 0.29) is 0 Å². The summed E-state index contributed by atoms with van der Waals surface area (Å²) < 4.78 is 0. The Morgan fingerprint density at radius 3 is 2.89 bits per heavy atom. The van der Waals surface area contributed by atoms with Crippen LogP contribution >= 0.6 is 0 Å². The average Bonchev–Trinajstić information content (AvgIpc) is 2.42. The molecule has 90 valence electrons. The van der Waals surface area contributed by atoms with Gasteiger partial charge >= 0.3 is 0 Å². The zero-order valence-corrected chi connectivity index (χ0v) is 10.6. The number of nitrogens with zero attached hydrogens (tertiary/aromatic N) is 1. The SMILES string of the molecule is CC1=C2Cc3ccccc3N=C2C=CC1(C)C=O. The van der Waals surface area contributed by atoms with E-state index >= 15 is 0 Å². The van der Waals surface area contributed by atoms with Gasteiger partial charge in [0.05, 0.1) is 16.8 Å². The van der Waals surface area contributed by atoms with Gasteiger partial charge < -0.3 is 4.79 Å². The molecule has 1 aromatic carbocycles. The minimum Gasteiger partial charge on any atom is -0.302 e. The van der Waals surface area contributed by atoms with Crippen molar-refractivity contribution in [3.05, 3.63) is 53.1 Å². The maximum absolute atomic E-state index is 11.3. The first-order valence-electron chi connectivity index (χ1n) is 6.17. The highest BCUT2D eigenvalue weighted by Gasteiger charge is 2.31. The summed E-state index contributed by atoms with van der Waals surface area (Å²) in [5.74, 6) is 0. The second-order valence-corrected chi connectivity index (χ2v) is 5.14. The summed E-state index contributed by atoms with van der Waals surface area (Å²) in [4.78, 5) is 16.0. The summed E-state index contributed by atoms with van der Waals surface area (Å²) >= 11 is 0. The van der Waals surface area contributed by atoms with Crippen LogP contribution in [-0.4, -0.2) is 12.0 Å². The molecule has 0 fully saturated rings. The number of para-hydroxylation sites is 1. The third-order valence-electron chi connectivity index (χ3n) is 4.00. The first-order valence-corrected chi connectivity index (χ1v) is 6.17. The molecule has 1 aromatic rings. The number of aliphatic imine (C=N–C) groups is 1. The van der Waals surface area contributed by atoms with Gasteiger partial charge in [0.2, 0.25) is 0 Å². The largest absolute Gasteiger partial charge is 0.302 e. The number of fused-ring (bicyclic) bond motifs is 2. The Balaban J connectivity index is 2.18. The first-order chi connectivity index (χ1) is 8.64. The standard InChI is InChI=1S/C16H15NO/c1-11-13-9-12-5-3-4-6-14(12)17-15(13)7-8-16(11,2)10-18/h3-8,10H,9H2,1-2H3. The Labute approximate surface area is 107 Å². The van der Waals surface area contributed by atoms with Gasteiger partial charge in [-0.15, -0.1) is 0 Å². The average molecular weight is 237 g/mol. The number of rotatable bonds is 1. The number of hydrogen-bond donors (Lipinski definition) is 0. The van der Waals surface area contributed by atoms with E-state index in [4.69, 9.17) is 0 Å². The lowest BCUT2D eigenvalue weighted by Gasteiger charge is -2.30.